The SMILES string of the molecule is CC(C)(C)C(=O)Nc1ccc2cc3c(c(C4CCCCO4)c2c1)CCCC3. The van der Waals surface area contributed by atoms with Gasteiger partial charge in [0.25, 0.3) is 0 Å². The van der Waals surface area contributed by atoms with E-state index in [1.165, 1.54) is 53.1 Å². The molecular weight excluding hydrogens is 334 g/mol. The molecule has 3 heteroatoms. The molecule has 2 aromatic carbocycles. The fourth-order valence-corrected chi connectivity index (χ4v) is 4.39. The van der Waals surface area contributed by atoms with E-state index < -0.39 is 5.41 Å². The first-order valence-electron chi connectivity index (χ1n) is 10.4. The van der Waals surface area contributed by atoms with E-state index in [1.54, 1.807) is 0 Å². The fourth-order valence-electron chi connectivity index (χ4n) is 4.39. The molecule has 27 heavy (non-hydrogen) atoms. The average Bonchev–Trinajstić information content (AvgIpc) is 2.66. The lowest BCUT2D eigenvalue weighted by Gasteiger charge is -2.30. The van der Waals surface area contributed by atoms with Crippen LogP contribution in [0.3, 0.4) is 0 Å². The van der Waals surface area contributed by atoms with Crippen molar-refractivity contribution in [2.75, 3.05) is 11.9 Å². The molecule has 1 heterocycles. The minimum Gasteiger partial charge on any atom is -0.373 e. The van der Waals surface area contributed by atoms with Gasteiger partial charge in [-0.05, 0) is 84.5 Å². The number of hydrogen-bond donors (Lipinski definition) is 1. The van der Waals surface area contributed by atoms with Crippen LogP contribution in [0.1, 0.15) is 75.7 Å². The van der Waals surface area contributed by atoms with Crippen molar-refractivity contribution in [2.24, 2.45) is 5.41 Å². The topological polar surface area (TPSA) is 38.3 Å². The van der Waals surface area contributed by atoms with Gasteiger partial charge >= 0.3 is 0 Å². The van der Waals surface area contributed by atoms with Gasteiger partial charge in [-0.3, -0.25) is 4.79 Å². The summed E-state index contributed by atoms with van der Waals surface area (Å²) in [6.07, 6.45) is 8.56. The maximum absolute atomic E-state index is 12.5. The molecule has 1 N–H and O–H groups in total. The summed E-state index contributed by atoms with van der Waals surface area (Å²) in [5.41, 5.74) is 4.90. The highest BCUT2D eigenvalue weighted by atomic mass is 16.5. The van der Waals surface area contributed by atoms with Crippen LogP contribution < -0.4 is 5.32 Å². The lowest BCUT2D eigenvalue weighted by Crippen LogP contribution is -2.27. The van der Waals surface area contributed by atoms with Gasteiger partial charge in [0.15, 0.2) is 0 Å². The number of aryl methyl sites for hydroxylation is 1. The van der Waals surface area contributed by atoms with Crippen LogP contribution in [0, 0.1) is 5.41 Å². The molecule has 0 bridgehead atoms. The summed E-state index contributed by atoms with van der Waals surface area (Å²) in [6.45, 7) is 6.69. The van der Waals surface area contributed by atoms with Crippen LogP contribution in [0.25, 0.3) is 10.8 Å². The van der Waals surface area contributed by atoms with Crippen molar-refractivity contribution in [3.8, 4) is 0 Å². The second kappa shape index (κ2) is 7.27. The molecular formula is C24H31NO2. The van der Waals surface area contributed by atoms with E-state index in [0.29, 0.717) is 0 Å². The van der Waals surface area contributed by atoms with Gasteiger partial charge in [-0.1, -0.05) is 32.9 Å². The number of carbonyl (C=O) groups is 1. The van der Waals surface area contributed by atoms with E-state index in [2.05, 4.69) is 23.5 Å². The van der Waals surface area contributed by atoms with Crippen molar-refractivity contribution in [1.82, 2.24) is 0 Å². The van der Waals surface area contributed by atoms with Crippen LogP contribution in [-0.2, 0) is 22.4 Å². The minimum absolute atomic E-state index is 0.0512. The molecule has 3 nitrogen and oxygen atoms in total. The Morgan fingerprint density at radius 1 is 1.07 bits per heavy atom. The van der Waals surface area contributed by atoms with Crippen LogP contribution in [0.2, 0.25) is 0 Å². The Bertz CT molecular complexity index is 857. The Labute approximate surface area is 162 Å². The van der Waals surface area contributed by atoms with E-state index in [4.69, 9.17) is 4.74 Å². The number of anilines is 1. The highest BCUT2D eigenvalue weighted by Crippen LogP contribution is 2.40. The highest BCUT2D eigenvalue weighted by molar-refractivity contribution is 5.98. The largest absolute Gasteiger partial charge is 0.373 e. The van der Waals surface area contributed by atoms with E-state index in [1.807, 2.05) is 26.8 Å². The summed E-state index contributed by atoms with van der Waals surface area (Å²) >= 11 is 0. The van der Waals surface area contributed by atoms with Gasteiger partial charge in [0.2, 0.25) is 5.91 Å². The first-order valence-corrected chi connectivity index (χ1v) is 10.4. The summed E-state index contributed by atoms with van der Waals surface area (Å²) in [5.74, 6) is 0.0512. The summed E-state index contributed by atoms with van der Waals surface area (Å²) < 4.78 is 6.23. The zero-order chi connectivity index (χ0) is 19.0. The Morgan fingerprint density at radius 3 is 2.63 bits per heavy atom. The molecule has 1 saturated heterocycles. The van der Waals surface area contributed by atoms with Crippen LogP contribution in [0.5, 0.6) is 0 Å². The maximum Gasteiger partial charge on any atom is 0.229 e. The van der Waals surface area contributed by atoms with Crippen molar-refractivity contribution in [1.29, 1.82) is 0 Å². The van der Waals surface area contributed by atoms with Gasteiger partial charge in [-0.2, -0.15) is 0 Å². The molecule has 1 amide bonds. The van der Waals surface area contributed by atoms with Crippen molar-refractivity contribution < 1.29 is 9.53 Å². The van der Waals surface area contributed by atoms with Crippen molar-refractivity contribution in [3.63, 3.8) is 0 Å². The number of nitrogens with one attached hydrogen (secondary N) is 1. The third-order valence-corrected chi connectivity index (χ3v) is 5.95. The molecule has 1 atom stereocenters. The molecule has 1 aliphatic heterocycles. The van der Waals surface area contributed by atoms with Crippen molar-refractivity contribution in [3.05, 3.63) is 41.0 Å². The average molecular weight is 366 g/mol. The first kappa shape index (κ1) is 18.5. The van der Waals surface area contributed by atoms with Crippen molar-refractivity contribution in [2.45, 2.75) is 71.8 Å². The van der Waals surface area contributed by atoms with E-state index >= 15 is 0 Å². The van der Waals surface area contributed by atoms with Gasteiger partial charge in [-0.15, -0.1) is 0 Å². The Kier molecular flexibility index (Phi) is 4.98. The van der Waals surface area contributed by atoms with E-state index in [-0.39, 0.29) is 12.0 Å². The van der Waals surface area contributed by atoms with Gasteiger partial charge in [0.05, 0.1) is 6.10 Å². The molecule has 1 fully saturated rings. The van der Waals surface area contributed by atoms with Crippen LogP contribution in [0.15, 0.2) is 24.3 Å². The van der Waals surface area contributed by atoms with Crippen molar-refractivity contribution >= 4 is 22.4 Å². The molecule has 1 unspecified atom stereocenters. The fraction of sp³-hybridized carbons (Fsp3) is 0.542. The molecule has 144 valence electrons. The van der Waals surface area contributed by atoms with Crippen LogP contribution in [0.4, 0.5) is 5.69 Å². The molecule has 0 saturated carbocycles. The lowest BCUT2D eigenvalue weighted by molar-refractivity contribution is -0.123. The predicted molar refractivity (Wildman–Crippen MR) is 111 cm³/mol. The monoisotopic (exact) mass is 365 g/mol. The second-order valence-electron chi connectivity index (χ2n) is 9.13. The molecule has 1 aliphatic carbocycles. The smallest absolute Gasteiger partial charge is 0.229 e. The number of benzene rings is 2. The summed E-state index contributed by atoms with van der Waals surface area (Å²) in [7, 11) is 0. The Balaban J connectivity index is 1.82. The highest BCUT2D eigenvalue weighted by Gasteiger charge is 2.26. The second-order valence-corrected chi connectivity index (χ2v) is 9.13. The standard InChI is InChI=1S/C24H31NO2/c1-24(2,3)23(26)25-18-12-11-17-14-16-8-4-5-9-19(16)22(20(17)15-18)21-10-6-7-13-27-21/h11-12,14-15,21H,4-10,13H2,1-3H3,(H,25,26). The summed E-state index contributed by atoms with van der Waals surface area (Å²) in [5, 5.41) is 5.63. The van der Waals surface area contributed by atoms with Gasteiger partial charge < -0.3 is 10.1 Å². The zero-order valence-electron chi connectivity index (χ0n) is 16.9. The molecule has 0 spiro atoms. The number of rotatable bonds is 2. The first-order chi connectivity index (χ1) is 12.9. The van der Waals surface area contributed by atoms with Gasteiger partial charge in [-0.25, -0.2) is 0 Å². The lowest BCUT2D eigenvalue weighted by atomic mass is 9.82. The van der Waals surface area contributed by atoms with Crippen LogP contribution >= 0.6 is 0 Å². The van der Waals surface area contributed by atoms with Gasteiger partial charge in [0, 0.05) is 17.7 Å². The quantitative estimate of drug-likeness (QED) is 0.714. The third kappa shape index (κ3) is 3.75. The molecule has 2 aromatic rings. The van der Waals surface area contributed by atoms with Gasteiger partial charge in [0.1, 0.15) is 0 Å². The van der Waals surface area contributed by atoms with E-state index in [0.717, 1.165) is 31.6 Å². The van der Waals surface area contributed by atoms with Crippen LogP contribution in [-0.4, -0.2) is 12.5 Å². The molecule has 0 radical (unpaired) electrons. The third-order valence-electron chi connectivity index (χ3n) is 5.95. The molecule has 2 aliphatic rings. The maximum atomic E-state index is 12.5. The van der Waals surface area contributed by atoms with E-state index in [9.17, 15) is 4.79 Å². The minimum atomic E-state index is -0.403. The zero-order valence-corrected chi connectivity index (χ0v) is 16.9. The Hall–Kier alpha value is -1.87. The number of carbonyl (C=O) groups excluding carboxylic acids is 1. The summed E-state index contributed by atoms with van der Waals surface area (Å²) in [6, 6.07) is 8.73. The number of fused-ring (bicyclic) bond motifs is 2. The number of amides is 1. The Morgan fingerprint density at radius 2 is 1.89 bits per heavy atom. The predicted octanol–water partition coefficient (Wildman–Crippen LogP) is 5.94. The molecule has 4 rings (SSSR count). The number of hydrogen-bond acceptors (Lipinski definition) is 2. The number of ether oxygens (including phenoxy) is 1. The molecule has 0 aromatic heterocycles. The summed E-state index contributed by atoms with van der Waals surface area (Å²) in [4.78, 5) is 12.5. The normalized spacial score (nSPS) is 20.3.